The number of rotatable bonds is 1. The topological polar surface area (TPSA) is 57.0 Å². The summed E-state index contributed by atoms with van der Waals surface area (Å²) in [6.07, 6.45) is 1.99. The van der Waals surface area contributed by atoms with Crippen molar-refractivity contribution in [2.75, 3.05) is 11.4 Å². The lowest BCUT2D eigenvalue weighted by Crippen LogP contribution is -2.24. The second kappa shape index (κ2) is 3.91. The van der Waals surface area contributed by atoms with Gasteiger partial charge in [-0.1, -0.05) is 0 Å². The van der Waals surface area contributed by atoms with Crippen molar-refractivity contribution in [3.05, 3.63) is 24.0 Å². The maximum atomic E-state index is 11.6. The third kappa shape index (κ3) is 1.95. The van der Waals surface area contributed by atoms with Crippen LogP contribution in [0.4, 0.5) is 5.69 Å². The van der Waals surface area contributed by atoms with Crippen molar-refractivity contribution in [3.8, 4) is 6.07 Å². The van der Waals surface area contributed by atoms with Gasteiger partial charge in [0, 0.05) is 30.1 Å². The Morgan fingerprint density at radius 1 is 1.67 bits per heavy atom. The highest BCUT2D eigenvalue weighted by molar-refractivity contribution is 7.81. The monoisotopic (exact) mass is 219 g/mol. The van der Waals surface area contributed by atoms with Crippen LogP contribution < -0.4 is 4.90 Å². The molecular weight excluding hydrogens is 210 g/mol. The molecule has 0 aromatic carbocycles. The number of pyridine rings is 1. The number of nitriles is 1. The lowest BCUT2D eigenvalue weighted by Gasteiger charge is -2.15. The third-order valence-electron chi connectivity index (χ3n) is 2.27. The van der Waals surface area contributed by atoms with E-state index in [4.69, 9.17) is 5.26 Å². The highest BCUT2D eigenvalue weighted by Gasteiger charge is 2.28. The summed E-state index contributed by atoms with van der Waals surface area (Å²) >= 11 is 4.27. The summed E-state index contributed by atoms with van der Waals surface area (Å²) in [5.74, 6) is 0.0464. The molecule has 1 amide bonds. The van der Waals surface area contributed by atoms with Crippen molar-refractivity contribution in [2.24, 2.45) is 0 Å². The molecule has 0 N–H and O–H groups in total. The molecule has 76 valence electrons. The van der Waals surface area contributed by atoms with Gasteiger partial charge in [-0.25, -0.2) is 4.98 Å². The van der Waals surface area contributed by atoms with Crippen LogP contribution in [0.5, 0.6) is 0 Å². The minimum absolute atomic E-state index is 0.0464. The van der Waals surface area contributed by atoms with Crippen LogP contribution in [0.15, 0.2) is 18.3 Å². The zero-order valence-electron chi connectivity index (χ0n) is 7.92. The van der Waals surface area contributed by atoms with E-state index in [-0.39, 0.29) is 11.2 Å². The van der Waals surface area contributed by atoms with Crippen molar-refractivity contribution in [1.82, 2.24) is 4.98 Å². The highest BCUT2D eigenvalue weighted by atomic mass is 32.1. The van der Waals surface area contributed by atoms with E-state index in [1.54, 1.807) is 17.0 Å². The maximum Gasteiger partial charge on any atom is 0.228 e. The lowest BCUT2D eigenvalue weighted by atomic mass is 10.3. The zero-order valence-corrected chi connectivity index (χ0v) is 8.82. The van der Waals surface area contributed by atoms with Gasteiger partial charge in [0.25, 0.3) is 0 Å². The summed E-state index contributed by atoms with van der Waals surface area (Å²) < 4.78 is 0. The first-order valence-corrected chi connectivity index (χ1v) is 5.07. The average molecular weight is 219 g/mol. The second-order valence-electron chi connectivity index (χ2n) is 3.37. The minimum atomic E-state index is 0.0464. The van der Waals surface area contributed by atoms with Gasteiger partial charge < -0.3 is 4.90 Å². The summed E-state index contributed by atoms with van der Waals surface area (Å²) in [6, 6.07) is 5.29. The highest BCUT2D eigenvalue weighted by Crippen LogP contribution is 2.23. The Morgan fingerprint density at radius 3 is 3.07 bits per heavy atom. The fourth-order valence-corrected chi connectivity index (χ4v) is 1.91. The van der Waals surface area contributed by atoms with Gasteiger partial charge in [-0.15, -0.1) is 0 Å². The molecule has 0 spiro atoms. The van der Waals surface area contributed by atoms with Gasteiger partial charge in [0.05, 0.1) is 0 Å². The number of thiol groups is 1. The number of aromatic nitrogens is 1. The van der Waals surface area contributed by atoms with Crippen LogP contribution >= 0.6 is 12.6 Å². The largest absolute Gasteiger partial charge is 0.311 e. The predicted octanol–water partition coefficient (Wildman–Crippen LogP) is 0.988. The van der Waals surface area contributed by atoms with Gasteiger partial charge >= 0.3 is 0 Å². The fraction of sp³-hybridized carbons (Fsp3) is 0.300. The summed E-state index contributed by atoms with van der Waals surface area (Å²) in [4.78, 5) is 17.1. The molecule has 1 aromatic heterocycles. The molecule has 0 radical (unpaired) electrons. The molecule has 1 unspecified atom stereocenters. The quantitative estimate of drug-likeness (QED) is 0.716. The molecule has 1 aliphatic rings. The van der Waals surface area contributed by atoms with E-state index in [0.29, 0.717) is 18.7 Å². The molecule has 4 nitrogen and oxygen atoms in total. The first-order chi connectivity index (χ1) is 7.20. The van der Waals surface area contributed by atoms with Gasteiger partial charge in [0.1, 0.15) is 11.8 Å². The minimum Gasteiger partial charge on any atom is -0.311 e. The molecule has 2 heterocycles. The first kappa shape index (κ1) is 9.99. The standard InChI is InChI=1S/C10H9N3OS/c11-5-7-3-8(1-2-12-7)13-6-9(15)4-10(13)14/h1-3,9,15H,4,6H2. The summed E-state index contributed by atoms with van der Waals surface area (Å²) in [6.45, 7) is 0.594. The normalized spacial score (nSPS) is 20.4. The Bertz CT molecular complexity index is 441. The number of nitrogens with zero attached hydrogens (tertiary/aromatic N) is 3. The summed E-state index contributed by atoms with van der Waals surface area (Å²) in [5.41, 5.74) is 1.05. The van der Waals surface area contributed by atoms with Crippen LogP contribution in [0, 0.1) is 11.3 Å². The van der Waals surface area contributed by atoms with Crippen molar-refractivity contribution in [2.45, 2.75) is 11.7 Å². The smallest absolute Gasteiger partial charge is 0.228 e. The maximum absolute atomic E-state index is 11.6. The number of carbonyl (C=O) groups excluding carboxylic acids is 1. The van der Waals surface area contributed by atoms with Gasteiger partial charge in [0.15, 0.2) is 0 Å². The molecule has 0 bridgehead atoms. The van der Waals surface area contributed by atoms with Crippen molar-refractivity contribution in [1.29, 1.82) is 5.26 Å². The van der Waals surface area contributed by atoms with Crippen LogP contribution in [0.3, 0.4) is 0 Å². The fourth-order valence-electron chi connectivity index (χ4n) is 1.59. The van der Waals surface area contributed by atoms with E-state index in [2.05, 4.69) is 17.6 Å². The van der Waals surface area contributed by atoms with E-state index in [9.17, 15) is 4.79 Å². The number of hydrogen-bond acceptors (Lipinski definition) is 4. The molecule has 0 saturated carbocycles. The Hall–Kier alpha value is -1.54. The van der Waals surface area contributed by atoms with Crippen molar-refractivity contribution >= 4 is 24.2 Å². The SMILES string of the molecule is N#Cc1cc(N2CC(S)CC2=O)ccn1. The average Bonchev–Trinajstić information content (AvgIpc) is 2.58. The van der Waals surface area contributed by atoms with Crippen LogP contribution in [0.2, 0.25) is 0 Å². The van der Waals surface area contributed by atoms with E-state index in [1.807, 2.05) is 6.07 Å². The van der Waals surface area contributed by atoms with Gasteiger partial charge in [0.2, 0.25) is 5.91 Å². The molecule has 5 heteroatoms. The molecule has 1 atom stereocenters. The molecular formula is C10H9N3OS. The molecule has 1 aromatic rings. The van der Waals surface area contributed by atoms with E-state index >= 15 is 0 Å². The van der Waals surface area contributed by atoms with Crippen molar-refractivity contribution < 1.29 is 4.79 Å². The van der Waals surface area contributed by atoms with Crippen LogP contribution in [0.25, 0.3) is 0 Å². The second-order valence-corrected chi connectivity index (χ2v) is 4.10. The number of hydrogen-bond donors (Lipinski definition) is 1. The number of amides is 1. The predicted molar refractivity (Wildman–Crippen MR) is 58.7 cm³/mol. The Kier molecular flexibility index (Phi) is 2.60. The van der Waals surface area contributed by atoms with Gasteiger partial charge in [-0.3, -0.25) is 4.79 Å². The molecule has 1 saturated heterocycles. The Labute approximate surface area is 92.9 Å². The van der Waals surface area contributed by atoms with Crippen LogP contribution in [0.1, 0.15) is 12.1 Å². The molecule has 0 aliphatic carbocycles. The molecule has 15 heavy (non-hydrogen) atoms. The molecule has 1 fully saturated rings. The van der Waals surface area contributed by atoms with Gasteiger partial charge in [-0.2, -0.15) is 17.9 Å². The summed E-state index contributed by atoms with van der Waals surface area (Å²) in [5, 5.41) is 8.77. The first-order valence-electron chi connectivity index (χ1n) is 4.55. The van der Waals surface area contributed by atoms with E-state index in [1.165, 1.54) is 6.20 Å². The van der Waals surface area contributed by atoms with Gasteiger partial charge in [-0.05, 0) is 12.1 Å². The van der Waals surface area contributed by atoms with E-state index < -0.39 is 0 Å². The number of anilines is 1. The van der Waals surface area contributed by atoms with Crippen LogP contribution in [-0.2, 0) is 4.79 Å². The zero-order chi connectivity index (χ0) is 10.8. The van der Waals surface area contributed by atoms with E-state index in [0.717, 1.165) is 5.69 Å². The third-order valence-corrected chi connectivity index (χ3v) is 2.62. The molecule has 1 aliphatic heterocycles. The number of carbonyl (C=O) groups is 1. The molecule has 2 rings (SSSR count). The Morgan fingerprint density at radius 2 is 2.47 bits per heavy atom. The summed E-state index contributed by atoms with van der Waals surface area (Å²) in [7, 11) is 0. The Balaban J connectivity index is 2.30. The lowest BCUT2D eigenvalue weighted by molar-refractivity contribution is -0.117. The van der Waals surface area contributed by atoms with Crippen LogP contribution in [-0.4, -0.2) is 22.7 Å². The van der Waals surface area contributed by atoms with Crippen molar-refractivity contribution in [3.63, 3.8) is 0 Å².